The molecule has 1 heterocycles. The molecule has 0 fully saturated rings. The first-order chi connectivity index (χ1) is 10.1. The fraction of sp³-hybridized carbons (Fsp3) is 0.286. The monoisotopic (exact) mass is 354 g/mol. The summed E-state index contributed by atoms with van der Waals surface area (Å²) in [5.41, 5.74) is 0.897. The maximum Gasteiger partial charge on any atom is 0.273 e. The van der Waals surface area contributed by atoms with Crippen molar-refractivity contribution in [2.45, 2.75) is 6.92 Å². The topological polar surface area (TPSA) is 73.6 Å². The molecular weight excluding hydrogens is 340 g/mol. The van der Waals surface area contributed by atoms with Gasteiger partial charge in [-0.15, -0.1) is 0 Å². The number of nitrogens with zero attached hydrogens (tertiary/aromatic N) is 1. The highest BCUT2D eigenvalue weighted by Gasteiger charge is 2.18. The summed E-state index contributed by atoms with van der Waals surface area (Å²) in [5, 5.41) is 6.43. The second-order valence-electron chi connectivity index (χ2n) is 4.12. The summed E-state index contributed by atoms with van der Waals surface area (Å²) in [7, 11) is 3.12. The van der Waals surface area contributed by atoms with Crippen LogP contribution in [0.15, 0.2) is 27.2 Å². The fourth-order valence-corrected chi connectivity index (χ4v) is 2.32. The lowest BCUT2D eigenvalue weighted by molar-refractivity contribution is 0.0947. The molecule has 0 aliphatic carbocycles. The van der Waals surface area contributed by atoms with E-state index in [-0.39, 0.29) is 11.6 Å². The van der Waals surface area contributed by atoms with E-state index in [2.05, 4.69) is 26.4 Å². The number of amides is 1. The molecule has 0 atom stereocenters. The largest absolute Gasteiger partial charge is 0.496 e. The molecular formula is C14H15BrN2O4. The quantitative estimate of drug-likeness (QED) is 0.893. The van der Waals surface area contributed by atoms with Gasteiger partial charge in [0.05, 0.1) is 24.3 Å². The summed E-state index contributed by atoms with van der Waals surface area (Å²) >= 11 is 3.41. The Bertz CT molecular complexity index is 654. The normalized spacial score (nSPS) is 10.3. The molecule has 2 aromatic rings. The molecule has 1 N–H and O–H groups in total. The smallest absolute Gasteiger partial charge is 0.273 e. The van der Waals surface area contributed by atoms with Crippen molar-refractivity contribution in [2.75, 3.05) is 20.8 Å². The SMILES string of the molecule is CCNC(=O)c1cc(-c2cc(Br)c(OC)cc2OC)on1. The minimum Gasteiger partial charge on any atom is -0.496 e. The molecule has 0 aliphatic rings. The van der Waals surface area contributed by atoms with Gasteiger partial charge in [0.25, 0.3) is 5.91 Å². The van der Waals surface area contributed by atoms with Crippen LogP contribution in [0.4, 0.5) is 0 Å². The Labute approximate surface area is 130 Å². The van der Waals surface area contributed by atoms with Crippen molar-refractivity contribution in [3.05, 3.63) is 28.4 Å². The summed E-state index contributed by atoms with van der Waals surface area (Å²) in [5.74, 6) is 1.36. The van der Waals surface area contributed by atoms with E-state index in [1.807, 2.05) is 6.92 Å². The number of carbonyl (C=O) groups excluding carboxylic acids is 1. The second kappa shape index (κ2) is 6.62. The number of methoxy groups -OCH3 is 2. The lowest BCUT2D eigenvalue weighted by Gasteiger charge is -2.10. The standard InChI is InChI=1S/C14H15BrN2O4/c1-4-16-14(18)10-6-12(21-17-10)8-5-9(15)13(20-3)7-11(8)19-2/h5-7H,4H2,1-3H3,(H,16,18). The number of hydrogen-bond donors (Lipinski definition) is 1. The predicted octanol–water partition coefficient (Wildman–Crippen LogP) is 2.87. The summed E-state index contributed by atoms with van der Waals surface area (Å²) in [4.78, 5) is 11.7. The molecule has 21 heavy (non-hydrogen) atoms. The third-order valence-electron chi connectivity index (χ3n) is 2.82. The first-order valence-corrected chi connectivity index (χ1v) is 7.06. The van der Waals surface area contributed by atoms with Crippen LogP contribution in [-0.2, 0) is 0 Å². The average Bonchev–Trinajstić information content (AvgIpc) is 2.97. The highest BCUT2D eigenvalue weighted by Crippen LogP contribution is 2.38. The van der Waals surface area contributed by atoms with Crippen molar-refractivity contribution < 1.29 is 18.8 Å². The van der Waals surface area contributed by atoms with Crippen molar-refractivity contribution in [2.24, 2.45) is 0 Å². The first-order valence-electron chi connectivity index (χ1n) is 6.27. The number of halogens is 1. The lowest BCUT2D eigenvalue weighted by atomic mass is 10.1. The van der Waals surface area contributed by atoms with Gasteiger partial charge in [0.1, 0.15) is 11.5 Å². The van der Waals surface area contributed by atoms with Gasteiger partial charge in [-0.2, -0.15) is 0 Å². The molecule has 6 nitrogen and oxygen atoms in total. The van der Waals surface area contributed by atoms with E-state index < -0.39 is 0 Å². The van der Waals surface area contributed by atoms with Crippen LogP contribution in [0.2, 0.25) is 0 Å². The zero-order chi connectivity index (χ0) is 15.4. The van der Waals surface area contributed by atoms with Crippen molar-refractivity contribution in [3.63, 3.8) is 0 Å². The van der Waals surface area contributed by atoms with Crippen molar-refractivity contribution >= 4 is 21.8 Å². The number of nitrogens with one attached hydrogen (secondary N) is 1. The molecule has 0 bridgehead atoms. The minimum atomic E-state index is -0.279. The fourth-order valence-electron chi connectivity index (χ4n) is 1.81. The van der Waals surface area contributed by atoms with E-state index in [1.54, 1.807) is 32.4 Å². The Kier molecular flexibility index (Phi) is 4.85. The third kappa shape index (κ3) is 3.18. The van der Waals surface area contributed by atoms with Crippen LogP contribution in [-0.4, -0.2) is 31.8 Å². The molecule has 1 aromatic heterocycles. The van der Waals surface area contributed by atoms with Gasteiger partial charge in [0.15, 0.2) is 11.5 Å². The predicted molar refractivity (Wildman–Crippen MR) is 80.8 cm³/mol. The van der Waals surface area contributed by atoms with E-state index in [1.165, 1.54) is 0 Å². The van der Waals surface area contributed by atoms with Gasteiger partial charge in [0, 0.05) is 18.7 Å². The molecule has 1 amide bonds. The number of aromatic nitrogens is 1. The number of carbonyl (C=O) groups is 1. The Hall–Kier alpha value is -2.02. The minimum absolute atomic E-state index is 0.223. The van der Waals surface area contributed by atoms with Gasteiger partial charge >= 0.3 is 0 Å². The number of ether oxygens (including phenoxy) is 2. The zero-order valence-corrected chi connectivity index (χ0v) is 13.5. The van der Waals surface area contributed by atoms with Crippen LogP contribution in [0.1, 0.15) is 17.4 Å². The van der Waals surface area contributed by atoms with Crippen LogP contribution in [0, 0.1) is 0 Å². The molecule has 0 spiro atoms. The Morgan fingerprint density at radius 3 is 2.62 bits per heavy atom. The molecule has 112 valence electrons. The number of hydrogen-bond acceptors (Lipinski definition) is 5. The van der Waals surface area contributed by atoms with Gasteiger partial charge < -0.3 is 19.3 Å². The summed E-state index contributed by atoms with van der Waals surface area (Å²) < 4.78 is 16.5. The van der Waals surface area contributed by atoms with E-state index in [9.17, 15) is 4.79 Å². The van der Waals surface area contributed by atoms with Gasteiger partial charge in [-0.1, -0.05) is 5.16 Å². The van der Waals surface area contributed by atoms with Crippen molar-refractivity contribution in [1.29, 1.82) is 0 Å². The molecule has 0 aliphatic heterocycles. The number of benzene rings is 1. The van der Waals surface area contributed by atoms with Gasteiger partial charge in [0.2, 0.25) is 0 Å². The molecule has 1 aromatic carbocycles. The Balaban J connectivity index is 2.42. The summed E-state index contributed by atoms with van der Waals surface area (Å²) in [6.45, 7) is 2.36. The molecule has 7 heteroatoms. The molecule has 2 rings (SSSR count). The third-order valence-corrected chi connectivity index (χ3v) is 3.44. The van der Waals surface area contributed by atoms with Crippen LogP contribution >= 0.6 is 15.9 Å². The van der Waals surface area contributed by atoms with E-state index >= 15 is 0 Å². The van der Waals surface area contributed by atoms with Crippen LogP contribution in [0.3, 0.4) is 0 Å². The van der Waals surface area contributed by atoms with Gasteiger partial charge in [-0.05, 0) is 28.9 Å². The Morgan fingerprint density at radius 1 is 1.29 bits per heavy atom. The summed E-state index contributed by atoms with van der Waals surface area (Å²) in [6.07, 6.45) is 0. The Morgan fingerprint density at radius 2 is 2.00 bits per heavy atom. The summed E-state index contributed by atoms with van der Waals surface area (Å²) in [6, 6.07) is 5.09. The van der Waals surface area contributed by atoms with E-state index in [0.29, 0.717) is 29.4 Å². The lowest BCUT2D eigenvalue weighted by Crippen LogP contribution is -2.22. The van der Waals surface area contributed by atoms with Crippen LogP contribution in [0.5, 0.6) is 11.5 Å². The number of rotatable bonds is 5. The van der Waals surface area contributed by atoms with Crippen LogP contribution < -0.4 is 14.8 Å². The molecule has 0 saturated heterocycles. The second-order valence-corrected chi connectivity index (χ2v) is 4.98. The van der Waals surface area contributed by atoms with Gasteiger partial charge in [-0.3, -0.25) is 4.79 Å². The van der Waals surface area contributed by atoms with Crippen molar-refractivity contribution in [3.8, 4) is 22.8 Å². The maximum absolute atomic E-state index is 11.7. The van der Waals surface area contributed by atoms with Gasteiger partial charge in [-0.25, -0.2) is 0 Å². The average molecular weight is 355 g/mol. The molecule has 0 unspecified atom stereocenters. The molecule has 0 saturated carbocycles. The van der Waals surface area contributed by atoms with Crippen LogP contribution in [0.25, 0.3) is 11.3 Å². The highest BCUT2D eigenvalue weighted by molar-refractivity contribution is 9.10. The van der Waals surface area contributed by atoms with Crippen molar-refractivity contribution in [1.82, 2.24) is 10.5 Å². The zero-order valence-electron chi connectivity index (χ0n) is 11.9. The molecule has 0 radical (unpaired) electrons. The van der Waals surface area contributed by atoms with E-state index in [0.717, 1.165) is 4.47 Å². The maximum atomic E-state index is 11.7. The highest BCUT2D eigenvalue weighted by atomic mass is 79.9. The first kappa shape index (κ1) is 15.4. The van der Waals surface area contributed by atoms with E-state index in [4.69, 9.17) is 14.0 Å².